The molecule has 2 N–H and O–H groups in total. The molecule has 1 saturated carbocycles. The third-order valence-corrected chi connectivity index (χ3v) is 7.55. The lowest BCUT2D eigenvalue weighted by Crippen LogP contribution is -2.17. The third kappa shape index (κ3) is 3.24. The summed E-state index contributed by atoms with van der Waals surface area (Å²) in [6.45, 7) is 4.24. The Morgan fingerprint density at radius 1 is 1.21 bits per heavy atom. The first-order chi connectivity index (χ1) is 13.3. The smallest absolute Gasteiger partial charge is 0.274 e. The number of aromatic nitrogens is 2. The predicted octanol–water partition coefficient (Wildman–Crippen LogP) is 3.54. The molecule has 0 bridgehead atoms. The van der Waals surface area contributed by atoms with Gasteiger partial charge in [0.25, 0.3) is 5.56 Å². The monoisotopic (exact) mass is 399 g/mol. The summed E-state index contributed by atoms with van der Waals surface area (Å²) in [5, 5.41) is 3.77. The highest BCUT2D eigenvalue weighted by molar-refractivity contribution is 7.92. The Labute approximate surface area is 164 Å². The molecule has 0 aliphatic heterocycles. The summed E-state index contributed by atoms with van der Waals surface area (Å²) < 4.78 is 27.0. The number of aryl methyl sites for hydroxylation is 1. The number of benzene rings is 1. The van der Waals surface area contributed by atoms with E-state index in [1.165, 1.54) is 17.4 Å². The van der Waals surface area contributed by atoms with E-state index in [1.807, 2.05) is 12.1 Å². The van der Waals surface area contributed by atoms with Crippen LogP contribution < -0.4 is 10.9 Å². The Balaban J connectivity index is 1.94. The van der Waals surface area contributed by atoms with Crippen LogP contribution in [0.25, 0.3) is 22.0 Å². The Hall–Kier alpha value is -2.54. The normalized spacial score (nSPS) is 14.7. The fourth-order valence-electron chi connectivity index (χ4n) is 3.41. The van der Waals surface area contributed by atoms with Gasteiger partial charge in [-0.25, -0.2) is 8.42 Å². The van der Waals surface area contributed by atoms with Gasteiger partial charge in [-0.15, -0.1) is 0 Å². The van der Waals surface area contributed by atoms with E-state index in [4.69, 9.17) is 0 Å². The van der Waals surface area contributed by atoms with E-state index in [0.717, 1.165) is 28.7 Å². The van der Waals surface area contributed by atoms with Crippen molar-refractivity contribution < 1.29 is 8.42 Å². The van der Waals surface area contributed by atoms with Crippen LogP contribution in [0.15, 0.2) is 46.3 Å². The third-order valence-electron chi connectivity index (χ3n) is 5.40. The molecule has 148 valence electrons. The fourth-order valence-corrected chi connectivity index (χ4v) is 4.49. The fraction of sp³-hybridized carbons (Fsp3) is 0.381. The molecule has 0 spiro atoms. The van der Waals surface area contributed by atoms with Crippen molar-refractivity contribution in [2.24, 2.45) is 13.0 Å². The molecule has 0 amide bonds. The number of hydrogen-bond acceptors (Lipinski definition) is 4. The summed E-state index contributed by atoms with van der Waals surface area (Å²) in [4.78, 5) is 15.7. The number of H-pyrrole nitrogens is 1. The molecule has 4 rings (SSSR count). The molecule has 1 aliphatic rings. The van der Waals surface area contributed by atoms with Gasteiger partial charge in [-0.2, -0.15) is 0 Å². The van der Waals surface area contributed by atoms with Crippen molar-refractivity contribution in [3.8, 4) is 11.1 Å². The molecule has 1 fully saturated rings. The number of hydrogen-bond donors (Lipinski definition) is 2. The highest BCUT2D eigenvalue weighted by atomic mass is 32.2. The molecule has 0 unspecified atom stereocenters. The first kappa shape index (κ1) is 18.8. The van der Waals surface area contributed by atoms with Gasteiger partial charge < -0.3 is 14.9 Å². The van der Waals surface area contributed by atoms with Gasteiger partial charge in [-0.05, 0) is 56.9 Å². The molecule has 28 heavy (non-hydrogen) atoms. The molecule has 1 aromatic carbocycles. The standard InChI is InChI=1S/C21H25N3O3S/c1-13(2)28(26,27)15-6-7-19(23-11-14-4-5-14)17(10-15)18-12-24(3)21(25)20-16(18)8-9-22-20/h6-10,12-14,22-23H,4-5,11H2,1-3H3. The van der Waals surface area contributed by atoms with E-state index in [-0.39, 0.29) is 5.56 Å². The number of aromatic amines is 1. The lowest BCUT2D eigenvalue weighted by atomic mass is 10.0. The Morgan fingerprint density at radius 2 is 1.96 bits per heavy atom. The first-order valence-corrected chi connectivity index (χ1v) is 11.1. The molecule has 7 heteroatoms. The Kier molecular flexibility index (Phi) is 4.57. The van der Waals surface area contributed by atoms with E-state index in [0.29, 0.717) is 16.3 Å². The van der Waals surface area contributed by atoms with Gasteiger partial charge in [-0.1, -0.05) is 0 Å². The van der Waals surface area contributed by atoms with E-state index in [2.05, 4.69) is 10.3 Å². The van der Waals surface area contributed by atoms with Gasteiger partial charge in [0, 0.05) is 48.2 Å². The lowest BCUT2D eigenvalue weighted by Gasteiger charge is -2.17. The number of pyridine rings is 1. The number of anilines is 1. The Bertz CT molecular complexity index is 1200. The molecular formula is C21H25N3O3S. The summed E-state index contributed by atoms with van der Waals surface area (Å²) in [7, 11) is -1.70. The SMILES string of the molecule is CC(C)S(=O)(=O)c1ccc(NCC2CC2)c(-c2cn(C)c(=O)c3[nH]ccc23)c1. The summed E-state index contributed by atoms with van der Waals surface area (Å²) >= 11 is 0. The zero-order valence-corrected chi connectivity index (χ0v) is 17.1. The van der Waals surface area contributed by atoms with Crippen molar-refractivity contribution in [2.45, 2.75) is 36.8 Å². The van der Waals surface area contributed by atoms with Gasteiger partial charge >= 0.3 is 0 Å². The summed E-state index contributed by atoms with van der Waals surface area (Å²) in [5.41, 5.74) is 2.92. The molecule has 6 nitrogen and oxygen atoms in total. The van der Waals surface area contributed by atoms with Crippen LogP contribution in [0.5, 0.6) is 0 Å². The van der Waals surface area contributed by atoms with E-state index < -0.39 is 15.1 Å². The zero-order chi connectivity index (χ0) is 20.1. The van der Waals surface area contributed by atoms with Gasteiger partial charge in [0.15, 0.2) is 9.84 Å². The van der Waals surface area contributed by atoms with Crippen molar-refractivity contribution in [2.75, 3.05) is 11.9 Å². The van der Waals surface area contributed by atoms with Crippen molar-refractivity contribution in [1.29, 1.82) is 0 Å². The minimum Gasteiger partial charge on any atom is -0.384 e. The average molecular weight is 400 g/mol. The quantitative estimate of drug-likeness (QED) is 0.664. The molecule has 0 saturated heterocycles. The maximum absolute atomic E-state index is 12.8. The topological polar surface area (TPSA) is 84.0 Å². The van der Waals surface area contributed by atoms with Gasteiger partial charge in [-0.3, -0.25) is 4.79 Å². The molecule has 3 aromatic rings. The highest BCUT2D eigenvalue weighted by Gasteiger charge is 2.24. The van der Waals surface area contributed by atoms with Crippen LogP contribution in [-0.2, 0) is 16.9 Å². The second-order valence-electron chi connectivity index (χ2n) is 7.85. The molecule has 2 heterocycles. The minimum absolute atomic E-state index is 0.109. The Morgan fingerprint density at radius 3 is 2.64 bits per heavy atom. The summed E-state index contributed by atoms with van der Waals surface area (Å²) in [6, 6.07) is 7.11. The van der Waals surface area contributed by atoms with Crippen LogP contribution in [0.3, 0.4) is 0 Å². The van der Waals surface area contributed by atoms with Crippen LogP contribution in [0.2, 0.25) is 0 Å². The maximum atomic E-state index is 12.8. The van der Waals surface area contributed by atoms with Crippen LogP contribution in [-0.4, -0.2) is 29.8 Å². The van der Waals surface area contributed by atoms with E-state index in [9.17, 15) is 13.2 Å². The van der Waals surface area contributed by atoms with Gasteiger partial charge in [0.2, 0.25) is 0 Å². The van der Waals surface area contributed by atoms with Crippen LogP contribution in [0.1, 0.15) is 26.7 Å². The van der Waals surface area contributed by atoms with E-state index in [1.54, 1.807) is 45.4 Å². The number of nitrogens with one attached hydrogen (secondary N) is 2. The minimum atomic E-state index is -3.41. The number of sulfone groups is 1. The maximum Gasteiger partial charge on any atom is 0.274 e. The highest BCUT2D eigenvalue weighted by Crippen LogP contribution is 2.36. The number of fused-ring (bicyclic) bond motifs is 1. The molecule has 2 aromatic heterocycles. The van der Waals surface area contributed by atoms with Crippen LogP contribution in [0, 0.1) is 5.92 Å². The summed E-state index contributed by atoms with van der Waals surface area (Å²) in [6.07, 6.45) is 5.97. The average Bonchev–Trinajstić information content (AvgIpc) is 3.36. The van der Waals surface area contributed by atoms with Crippen molar-refractivity contribution in [3.63, 3.8) is 0 Å². The van der Waals surface area contributed by atoms with Crippen molar-refractivity contribution in [1.82, 2.24) is 9.55 Å². The van der Waals surface area contributed by atoms with E-state index >= 15 is 0 Å². The largest absolute Gasteiger partial charge is 0.384 e. The summed E-state index contributed by atoms with van der Waals surface area (Å²) in [5.74, 6) is 0.680. The number of rotatable bonds is 6. The second-order valence-corrected chi connectivity index (χ2v) is 10.4. The van der Waals surface area contributed by atoms with Crippen molar-refractivity contribution >= 4 is 26.4 Å². The molecular weight excluding hydrogens is 374 g/mol. The van der Waals surface area contributed by atoms with Gasteiger partial charge in [0.1, 0.15) is 5.52 Å². The first-order valence-electron chi connectivity index (χ1n) is 9.58. The van der Waals surface area contributed by atoms with Gasteiger partial charge in [0.05, 0.1) is 10.1 Å². The lowest BCUT2D eigenvalue weighted by molar-refractivity contribution is 0.587. The van der Waals surface area contributed by atoms with Crippen molar-refractivity contribution in [3.05, 3.63) is 47.0 Å². The molecule has 0 atom stereocenters. The van der Waals surface area contributed by atoms with Crippen LogP contribution in [0.4, 0.5) is 5.69 Å². The number of nitrogens with zero attached hydrogens (tertiary/aromatic N) is 1. The zero-order valence-electron chi connectivity index (χ0n) is 16.3. The second kappa shape index (κ2) is 6.81. The van der Waals surface area contributed by atoms with Crippen LogP contribution >= 0.6 is 0 Å². The predicted molar refractivity (Wildman–Crippen MR) is 113 cm³/mol. The molecule has 1 aliphatic carbocycles. The molecule has 0 radical (unpaired) electrons.